The highest BCUT2D eigenvalue weighted by molar-refractivity contribution is 7.89. The van der Waals surface area contributed by atoms with Gasteiger partial charge in [-0.1, -0.05) is 55.5 Å². The van der Waals surface area contributed by atoms with Crippen LogP contribution in [0.1, 0.15) is 23.7 Å². The van der Waals surface area contributed by atoms with Gasteiger partial charge in [0.25, 0.3) is 5.91 Å². The molecule has 0 spiro atoms. The van der Waals surface area contributed by atoms with Crippen LogP contribution in [0.2, 0.25) is 0 Å². The molecular weight excluding hydrogens is 428 g/mol. The summed E-state index contributed by atoms with van der Waals surface area (Å²) in [6.45, 7) is 1.49. The van der Waals surface area contributed by atoms with Gasteiger partial charge in [-0.25, -0.2) is 13.1 Å². The first-order valence-corrected chi connectivity index (χ1v) is 11.6. The van der Waals surface area contributed by atoms with E-state index >= 15 is 0 Å². The van der Waals surface area contributed by atoms with E-state index in [0.717, 1.165) is 0 Å². The molecule has 3 rings (SSSR count). The van der Waals surface area contributed by atoms with Gasteiger partial charge >= 0.3 is 0 Å². The number of ether oxygens (including phenoxy) is 1. The van der Waals surface area contributed by atoms with Gasteiger partial charge in [-0.15, -0.1) is 0 Å². The second kappa shape index (κ2) is 10.7. The number of sulfonamides is 1. The molecule has 0 aromatic heterocycles. The average molecular weight is 453 g/mol. The minimum atomic E-state index is -3.88. The lowest BCUT2D eigenvalue weighted by Gasteiger charge is -2.17. The molecule has 2 N–H and O–H groups in total. The third-order valence-electron chi connectivity index (χ3n) is 4.64. The first-order valence-electron chi connectivity index (χ1n) is 10.1. The lowest BCUT2D eigenvalue weighted by Crippen LogP contribution is -2.32. The zero-order valence-corrected chi connectivity index (χ0v) is 18.3. The van der Waals surface area contributed by atoms with Crippen LogP contribution in [0.3, 0.4) is 0 Å². The van der Waals surface area contributed by atoms with E-state index in [2.05, 4.69) is 10.0 Å². The Hall–Kier alpha value is -3.49. The third kappa shape index (κ3) is 6.26. The second-order valence-corrected chi connectivity index (χ2v) is 8.72. The molecule has 0 radical (unpaired) electrons. The number of Topliss-reactive ketones (excluding diaryl/α,β-unsaturated/α-hetero) is 1. The third-order valence-corrected chi connectivity index (χ3v) is 6.05. The van der Waals surface area contributed by atoms with E-state index in [1.54, 1.807) is 42.5 Å². The smallest absolute Gasteiger partial charge is 0.265 e. The summed E-state index contributed by atoms with van der Waals surface area (Å²) < 4.78 is 33.0. The van der Waals surface area contributed by atoms with Crippen molar-refractivity contribution in [2.45, 2.75) is 24.3 Å². The predicted molar refractivity (Wildman–Crippen MR) is 122 cm³/mol. The summed E-state index contributed by atoms with van der Waals surface area (Å²) in [5.41, 5.74) is 0.862. The van der Waals surface area contributed by atoms with E-state index in [1.807, 2.05) is 25.1 Å². The summed E-state index contributed by atoms with van der Waals surface area (Å²) in [5.74, 6) is -0.0762. The zero-order chi connectivity index (χ0) is 23.0. The van der Waals surface area contributed by atoms with Crippen molar-refractivity contribution >= 4 is 27.4 Å². The first kappa shape index (κ1) is 23.2. The Labute approximate surface area is 187 Å². The van der Waals surface area contributed by atoms with E-state index in [9.17, 15) is 18.0 Å². The monoisotopic (exact) mass is 452 g/mol. The van der Waals surface area contributed by atoms with Crippen LogP contribution >= 0.6 is 0 Å². The number of rotatable bonds is 10. The number of anilines is 1. The number of hydrogen-bond donors (Lipinski definition) is 2. The molecule has 32 heavy (non-hydrogen) atoms. The van der Waals surface area contributed by atoms with E-state index in [0.29, 0.717) is 23.4 Å². The minimum absolute atomic E-state index is 0.0102. The summed E-state index contributed by atoms with van der Waals surface area (Å²) in [5, 5.41) is 2.73. The SMILES string of the molecule is CC[C@@H](Oc1ccccc1)C(=O)Nc1ccc(S(=O)(=O)NCC(=O)c2ccccc2)cc1. The molecule has 1 atom stereocenters. The maximum Gasteiger partial charge on any atom is 0.265 e. The number of hydrogen-bond acceptors (Lipinski definition) is 5. The number of benzene rings is 3. The van der Waals surface area contributed by atoms with Crippen LogP contribution in [0.5, 0.6) is 5.75 Å². The van der Waals surface area contributed by atoms with Gasteiger partial charge in [0.05, 0.1) is 11.4 Å². The molecule has 3 aromatic rings. The van der Waals surface area contributed by atoms with Crippen LogP contribution in [0.15, 0.2) is 89.8 Å². The molecule has 0 saturated carbocycles. The van der Waals surface area contributed by atoms with Gasteiger partial charge < -0.3 is 10.1 Å². The number of carbonyl (C=O) groups excluding carboxylic acids is 2. The van der Waals surface area contributed by atoms with Crippen molar-refractivity contribution in [2.24, 2.45) is 0 Å². The number of amides is 1. The standard InChI is InChI=1S/C24H24N2O5S/c1-2-23(31-20-11-7-4-8-12-20)24(28)26-19-13-15-21(16-14-19)32(29,30)25-17-22(27)18-9-5-3-6-10-18/h3-16,23,25H,2,17H2,1H3,(H,26,28)/t23-/m1/s1. The van der Waals surface area contributed by atoms with Crippen molar-refractivity contribution in [2.75, 3.05) is 11.9 Å². The molecule has 0 heterocycles. The number of carbonyl (C=O) groups is 2. The lowest BCUT2D eigenvalue weighted by atomic mass is 10.1. The fraction of sp³-hybridized carbons (Fsp3) is 0.167. The van der Waals surface area contributed by atoms with Crippen molar-refractivity contribution < 1.29 is 22.7 Å². The minimum Gasteiger partial charge on any atom is -0.481 e. The molecule has 0 aliphatic rings. The molecule has 0 bridgehead atoms. The molecule has 3 aromatic carbocycles. The fourth-order valence-corrected chi connectivity index (χ4v) is 3.88. The van der Waals surface area contributed by atoms with Crippen LogP contribution in [0.4, 0.5) is 5.69 Å². The quantitative estimate of drug-likeness (QED) is 0.457. The molecule has 0 unspecified atom stereocenters. The van der Waals surface area contributed by atoms with Crippen molar-refractivity contribution in [1.29, 1.82) is 0 Å². The Balaban J connectivity index is 1.59. The molecule has 0 aliphatic heterocycles. The lowest BCUT2D eigenvalue weighted by molar-refractivity contribution is -0.122. The maximum absolute atomic E-state index is 12.5. The van der Waals surface area contributed by atoms with Gasteiger partial charge in [-0.3, -0.25) is 9.59 Å². The molecular formula is C24H24N2O5S. The summed E-state index contributed by atoms with van der Waals surface area (Å²) in [7, 11) is -3.88. The van der Waals surface area contributed by atoms with Crippen LogP contribution in [0.25, 0.3) is 0 Å². The highest BCUT2D eigenvalue weighted by Crippen LogP contribution is 2.17. The van der Waals surface area contributed by atoms with Crippen molar-refractivity contribution in [3.8, 4) is 5.75 Å². The summed E-state index contributed by atoms with van der Waals surface area (Å²) in [4.78, 5) is 24.7. The van der Waals surface area contributed by atoms with E-state index in [-0.39, 0.29) is 23.1 Å². The summed E-state index contributed by atoms with van der Waals surface area (Å²) >= 11 is 0. The zero-order valence-electron chi connectivity index (χ0n) is 17.5. The molecule has 0 saturated heterocycles. The van der Waals surface area contributed by atoms with Crippen LogP contribution in [0, 0.1) is 0 Å². The van der Waals surface area contributed by atoms with Crippen LogP contribution in [-0.4, -0.2) is 32.8 Å². The van der Waals surface area contributed by atoms with Gasteiger partial charge in [0.2, 0.25) is 10.0 Å². The van der Waals surface area contributed by atoms with Gasteiger partial charge in [-0.05, 0) is 42.8 Å². The molecule has 166 valence electrons. The summed E-state index contributed by atoms with van der Waals surface area (Å²) in [6, 6.07) is 23.2. The Kier molecular flexibility index (Phi) is 7.75. The molecule has 8 heteroatoms. The fourth-order valence-electron chi connectivity index (χ4n) is 2.90. The van der Waals surface area contributed by atoms with Crippen molar-refractivity contribution in [1.82, 2.24) is 4.72 Å². The number of para-hydroxylation sites is 1. The molecule has 1 amide bonds. The van der Waals surface area contributed by atoms with E-state index < -0.39 is 16.1 Å². The van der Waals surface area contributed by atoms with Gasteiger partial charge in [0, 0.05) is 11.3 Å². The topological polar surface area (TPSA) is 102 Å². The van der Waals surface area contributed by atoms with Crippen molar-refractivity contribution in [3.63, 3.8) is 0 Å². The Morgan fingerprint density at radius 2 is 1.47 bits per heavy atom. The largest absolute Gasteiger partial charge is 0.481 e. The summed E-state index contributed by atoms with van der Waals surface area (Å²) in [6.07, 6.45) is -0.224. The molecule has 0 fully saturated rings. The first-order chi connectivity index (χ1) is 15.4. The Bertz CT molecular complexity index is 1150. The number of nitrogens with one attached hydrogen (secondary N) is 2. The predicted octanol–water partition coefficient (Wildman–Crippen LogP) is 3.64. The van der Waals surface area contributed by atoms with E-state index in [4.69, 9.17) is 4.74 Å². The Morgan fingerprint density at radius 3 is 2.06 bits per heavy atom. The van der Waals surface area contributed by atoms with Crippen LogP contribution < -0.4 is 14.8 Å². The average Bonchev–Trinajstić information content (AvgIpc) is 2.82. The molecule has 7 nitrogen and oxygen atoms in total. The van der Waals surface area contributed by atoms with Gasteiger partial charge in [-0.2, -0.15) is 0 Å². The van der Waals surface area contributed by atoms with Crippen molar-refractivity contribution in [3.05, 3.63) is 90.5 Å². The normalized spacial score (nSPS) is 12.0. The van der Waals surface area contributed by atoms with Gasteiger partial charge in [0.1, 0.15) is 5.75 Å². The van der Waals surface area contributed by atoms with Crippen LogP contribution in [-0.2, 0) is 14.8 Å². The van der Waals surface area contributed by atoms with Gasteiger partial charge in [0.15, 0.2) is 11.9 Å². The Morgan fingerprint density at radius 1 is 0.875 bits per heavy atom. The highest BCUT2D eigenvalue weighted by Gasteiger charge is 2.20. The molecule has 0 aliphatic carbocycles. The maximum atomic E-state index is 12.5. The highest BCUT2D eigenvalue weighted by atomic mass is 32.2. The number of ketones is 1. The second-order valence-electron chi connectivity index (χ2n) is 6.96. The van der Waals surface area contributed by atoms with E-state index in [1.165, 1.54) is 24.3 Å².